The lowest BCUT2D eigenvalue weighted by molar-refractivity contribution is -0.145. The van der Waals surface area contributed by atoms with Crippen LogP contribution in [0.25, 0.3) is 0 Å². The van der Waals surface area contributed by atoms with Gasteiger partial charge in [-0.1, -0.05) is 41.9 Å². The molecule has 1 rings (SSSR count). The van der Waals surface area contributed by atoms with Crippen molar-refractivity contribution in [1.82, 2.24) is 5.32 Å². The molecule has 20 heavy (non-hydrogen) atoms. The number of hydrogen-bond donors (Lipinski definition) is 1. The minimum atomic E-state index is -0.646. The van der Waals surface area contributed by atoms with E-state index in [0.717, 1.165) is 10.0 Å². The lowest BCUT2D eigenvalue weighted by Gasteiger charge is -2.17. The Kier molecular flexibility index (Phi) is 6.71. The van der Waals surface area contributed by atoms with E-state index in [2.05, 4.69) is 21.2 Å². The summed E-state index contributed by atoms with van der Waals surface area (Å²) in [6.45, 7) is 3.92. The number of halogens is 1. The van der Waals surface area contributed by atoms with Crippen molar-refractivity contribution in [2.45, 2.75) is 32.7 Å². The van der Waals surface area contributed by atoms with Crippen molar-refractivity contribution >= 4 is 27.8 Å². The molecule has 1 amide bonds. The average Bonchev–Trinajstić information content (AvgIpc) is 2.38. The van der Waals surface area contributed by atoms with Crippen molar-refractivity contribution in [2.75, 3.05) is 7.11 Å². The van der Waals surface area contributed by atoms with Crippen molar-refractivity contribution in [3.63, 3.8) is 0 Å². The second-order valence-corrected chi connectivity index (χ2v) is 5.99. The number of carbonyl (C=O) groups excluding carboxylic acids is 2. The fraction of sp³-hybridized carbons (Fsp3) is 0.467. The molecule has 1 aromatic carbocycles. The third kappa shape index (κ3) is 5.74. The third-order valence-electron chi connectivity index (χ3n) is 2.77. The fourth-order valence-electron chi connectivity index (χ4n) is 1.82. The Hall–Kier alpha value is -1.36. The number of methoxy groups -OCH3 is 1. The summed E-state index contributed by atoms with van der Waals surface area (Å²) in [5.41, 5.74) is 0.966. The molecule has 1 aromatic rings. The molecular formula is C15H20BrNO3. The van der Waals surface area contributed by atoms with Crippen molar-refractivity contribution in [3.8, 4) is 0 Å². The van der Waals surface area contributed by atoms with E-state index in [1.54, 1.807) is 0 Å². The molecule has 1 N–H and O–H groups in total. The highest BCUT2D eigenvalue weighted by Crippen LogP contribution is 2.12. The SMILES string of the molecule is COC(=O)[C@@H](Cc1ccc(Br)cc1)NC(=O)CC(C)C. The van der Waals surface area contributed by atoms with Gasteiger partial charge in [0.1, 0.15) is 6.04 Å². The number of carbonyl (C=O) groups is 2. The molecule has 0 aliphatic rings. The van der Waals surface area contributed by atoms with Crippen molar-refractivity contribution in [2.24, 2.45) is 5.92 Å². The van der Waals surface area contributed by atoms with Crippen LogP contribution in [0.4, 0.5) is 0 Å². The molecule has 0 aliphatic heterocycles. The second-order valence-electron chi connectivity index (χ2n) is 5.07. The monoisotopic (exact) mass is 341 g/mol. The maximum absolute atomic E-state index is 11.8. The molecule has 0 saturated heterocycles. The molecular weight excluding hydrogens is 322 g/mol. The summed E-state index contributed by atoms with van der Waals surface area (Å²) >= 11 is 3.36. The van der Waals surface area contributed by atoms with Gasteiger partial charge in [-0.15, -0.1) is 0 Å². The number of ether oxygens (including phenoxy) is 1. The smallest absolute Gasteiger partial charge is 0.328 e. The molecule has 0 spiro atoms. The van der Waals surface area contributed by atoms with Gasteiger partial charge in [-0.3, -0.25) is 4.79 Å². The van der Waals surface area contributed by atoms with Crippen molar-refractivity contribution < 1.29 is 14.3 Å². The highest BCUT2D eigenvalue weighted by Gasteiger charge is 2.22. The lowest BCUT2D eigenvalue weighted by Crippen LogP contribution is -2.43. The highest BCUT2D eigenvalue weighted by molar-refractivity contribution is 9.10. The minimum absolute atomic E-state index is 0.132. The van der Waals surface area contributed by atoms with Gasteiger partial charge >= 0.3 is 5.97 Å². The maximum atomic E-state index is 11.8. The van der Waals surface area contributed by atoms with Crippen molar-refractivity contribution in [3.05, 3.63) is 34.3 Å². The van der Waals surface area contributed by atoms with Gasteiger partial charge in [-0.2, -0.15) is 0 Å². The van der Waals surface area contributed by atoms with E-state index in [0.29, 0.717) is 12.8 Å². The molecule has 110 valence electrons. The summed E-state index contributed by atoms with van der Waals surface area (Å²) in [6.07, 6.45) is 0.817. The van der Waals surface area contributed by atoms with Gasteiger partial charge in [0.2, 0.25) is 5.91 Å². The number of benzene rings is 1. The Bertz CT molecular complexity index is 457. The topological polar surface area (TPSA) is 55.4 Å². The molecule has 0 aliphatic carbocycles. The van der Waals surface area contributed by atoms with Crippen LogP contribution < -0.4 is 5.32 Å². The largest absolute Gasteiger partial charge is 0.467 e. The van der Waals surface area contributed by atoms with E-state index in [-0.39, 0.29) is 11.8 Å². The molecule has 0 aromatic heterocycles. The van der Waals surface area contributed by atoms with Crippen LogP contribution in [0.2, 0.25) is 0 Å². The van der Waals surface area contributed by atoms with Crippen molar-refractivity contribution in [1.29, 1.82) is 0 Å². The van der Waals surface area contributed by atoms with E-state index in [9.17, 15) is 9.59 Å². The Labute approximate surface area is 128 Å². The van der Waals surface area contributed by atoms with Crippen LogP contribution in [0.3, 0.4) is 0 Å². The number of nitrogens with one attached hydrogen (secondary N) is 1. The first-order valence-electron chi connectivity index (χ1n) is 6.54. The normalized spacial score (nSPS) is 12.1. The summed E-state index contributed by atoms with van der Waals surface area (Å²) in [5, 5.41) is 2.74. The first kappa shape index (κ1) is 16.7. The number of amides is 1. The van der Waals surface area contributed by atoms with Crippen LogP contribution in [0.5, 0.6) is 0 Å². The molecule has 0 heterocycles. The highest BCUT2D eigenvalue weighted by atomic mass is 79.9. The van der Waals surface area contributed by atoms with E-state index in [1.165, 1.54) is 7.11 Å². The quantitative estimate of drug-likeness (QED) is 0.809. The van der Waals surface area contributed by atoms with Crippen LogP contribution in [0.15, 0.2) is 28.7 Å². The summed E-state index contributed by atoms with van der Waals surface area (Å²) < 4.78 is 5.72. The van der Waals surface area contributed by atoms with Gasteiger partial charge in [-0.25, -0.2) is 4.79 Å². The second kappa shape index (κ2) is 8.04. The van der Waals surface area contributed by atoms with E-state index >= 15 is 0 Å². The standard InChI is InChI=1S/C15H20BrNO3/c1-10(2)8-14(18)17-13(15(19)20-3)9-11-4-6-12(16)7-5-11/h4-7,10,13H,8-9H2,1-3H3,(H,17,18)/t13-/m1/s1. The third-order valence-corrected chi connectivity index (χ3v) is 3.30. The lowest BCUT2D eigenvalue weighted by atomic mass is 10.0. The molecule has 1 atom stereocenters. The van der Waals surface area contributed by atoms with E-state index in [4.69, 9.17) is 4.74 Å². The van der Waals surface area contributed by atoms with Gasteiger partial charge in [0.15, 0.2) is 0 Å². The zero-order valence-electron chi connectivity index (χ0n) is 12.0. The molecule has 0 radical (unpaired) electrons. The number of rotatable bonds is 6. The van der Waals surface area contributed by atoms with Crippen LogP contribution in [-0.4, -0.2) is 25.0 Å². The Morgan fingerprint density at radius 2 is 1.85 bits per heavy atom. The van der Waals surface area contributed by atoms with Crippen LogP contribution in [0, 0.1) is 5.92 Å². The molecule has 0 saturated carbocycles. The van der Waals surface area contributed by atoms with Gasteiger partial charge in [0.05, 0.1) is 7.11 Å². The minimum Gasteiger partial charge on any atom is -0.467 e. The summed E-state index contributed by atoms with van der Waals surface area (Å²) in [7, 11) is 1.32. The maximum Gasteiger partial charge on any atom is 0.328 e. The fourth-order valence-corrected chi connectivity index (χ4v) is 2.08. The zero-order valence-corrected chi connectivity index (χ0v) is 13.6. The molecule has 0 unspecified atom stereocenters. The first-order valence-corrected chi connectivity index (χ1v) is 7.33. The Balaban J connectivity index is 2.72. The van der Waals surface area contributed by atoms with Crippen LogP contribution in [0.1, 0.15) is 25.8 Å². The Morgan fingerprint density at radius 3 is 2.35 bits per heavy atom. The van der Waals surface area contributed by atoms with Crippen LogP contribution >= 0.6 is 15.9 Å². The molecule has 0 fully saturated rings. The van der Waals surface area contributed by atoms with Gasteiger partial charge in [0.25, 0.3) is 0 Å². The van der Waals surface area contributed by atoms with Gasteiger partial charge in [0, 0.05) is 17.3 Å². The first-order chi connectivity index (χ1) is 9.42. The Morgan fingerprint density at radius 1 is 1.25 bits per heavy atom. The summed E-state index contributed by atoms with van der Waals surface area (Å²) in [6, 6.07) is 6.98. The van der Waals surface area contributed by atoms with Gasteiger partial charge in [-0.05, 0) is 23.6 Å². The summed E-state index contributed by atoms with van der Waals surface area (Å²) in [4.78, 5) is 23.6. The van der Waals surface area contributed by atoms with E-state index < -0.39 is 12.0 Å². The van der Waals surface area contributed by atoms with Gasteiger partial charge < -0.3 is 10.1 Å². The number of esters is 1. The predicted molar refractivity (Wildman–Crippen MR) is 81.2 cm³/mol. The summed E-state index contributed by atoms with van der Waals surface area (Å²) in [5.74, 6) is -0.307. The zero-order chi connectivity index (χ0) is 15.1. The van der Waals surface area contributed by atoms with Crippen LogP contribution in [-0.2, 0) is 20.7 Å². The average molecular weight is 342 g/mol. The molecule has 0 bridgehead atoms. The molecule has 5 heteroatoms. The predicted octanol–water partition coefficient (Wildman–Crippen LogP) is 2.70. The number of hydrogen-bond acceptors (Lipinski definition) is 3. The van der Waals surface area contributed by atoms with E-state index in [1.807, 2.05) is 38.1 Å². The molecule has 4 nitrogen and oxygen atoms in total.